The fourth-order valence-corrected chi connectivity index (χ4v) is 2.41. The number of hydrogen-bond acceptors (Lipinski definition) is 5. The largest absolute Gasteiger partial charge is 0.495 e. The van der Waals surface area contributed by atoms with Crippen LogP contribution in [0.25, 0.3) is 6.08 Å². The zero-order valence-electron chi connectivity index (χ0n) is 15.2. The lowest BCUT2D eigenvalue weighted by molar-refractivity contribution is -0.122. The molecule has 1 fully saturated rings. The van der Waals surface area contributed by atoms with Gasteiger partial charge in [-0.1, -0.05) is 6.07 Å². The Balaban J connectivity index is 2.36. The van der Waals surface area contributed by atoms with Gasteiger partial charge in [0.2, 0.25) is 0 Å². The third-order valence-corrected chi connectivity index (χ3v) is 3.56. The number of ether oxygens (including phenoxy) is 2. The first-order chi connectivity index (χ1) is 11.4. The Labute approximate surface area is 143 Å². The SMILES string of the molecule is CCN1C(=O)/C(=C\c2ccc(N(C)C)c(OC)c2)OC1=NC(C)C. The number of nitrogens with zero attached hydrogens (tertiary/aromatic N) is 3. The number of methoxy groups -OCH3 is 1. The highest BCUT2D eigenvalue weighted by Gasteiger charge is 2.33. The highest BCUT2D eigenvalue weighted by Crippen LogP contribution is 2.29. The van der Waals surface area contributed by atoms with Gasteiger partial charge in [0.25, 0.3) is 5.91 Å². The van der Waals surface area contributed by atoms with E-state index >= 15 is 0 Å². The lowest BCUT2D eigenvalue weighted by Gasteiger charge is -2.16. The summed E-state index contributed by atoms with van der Waals surface area (Å²) in [6, 6.07) is 6.18. The molecule has 0 aromatic heterocycles. The quantitative estimate of drug-likeness (QED) is 0.779. The highest BCUT2D eigenvalue weighted by molar-refractivity contribution is 6.11. The van der Waals surface area contributed by atoms with E-state index in [2.05, 4.69) is 4.99 Å². The molecule has 1 amide bonds. The maximum Gasteiger partial charge on any atom is 0.300 e. The van der Waals surface area contributed by atoms with Crippen molar-refractivity contribution in [3.05, 3.63) is 29.5 Å². The first-order valence-corrected chi connectivity index (χ1v) is 8.02. The molecule has 0 radical (unpaired) electrons. The number of aliphatic imine (C=N–C) groups is 1. The Kier molecular flexibility index (Phi) is 5.49. The van der Waals surface area contributed by atoms with Gasteiger partial charge in [-0.05, 0) is 44.5 Å². The fourth-order valence-electron chi connectivity index (χ4n) is 2.41. The molecule has 0 unspecified atom stereocenters. The predicted molar refractivity (Wildman–Crippen MR) is 96.3 cm³/mol. The Morgan fingerprint density at radius 2 is 2.08 bits per heavy atom. The molecule has 2 rings (SSSR count). The lowest BCUT2D eigenvalue weighted by Crippen LogP contribution is -2.30. The topological polar surface area (TPSA) is 54.4 Å². The lowest BCUT2D eigenvalue weighted by atomic mass is 10.1. The molecule has 1 aliphatic heterocycles. The second-order valence-corrected chi connectivity index (χ2v) is 5.99. The summed E-state index contributed by atoms with van der Waals surface area (Å²) in [6.45, 7) is 6.31. The molecule has 0 saturated carbocycles. The molecule has 24 heavy (non-hydrogen) atoms. The van der Waals surface area contributed by atoms with Crippen molar-refractivity contribution >= 4 is 23.7 Å². The van der Waals surface area contributed by atoms with Crippen molar-refractivity contribution in [1.29, 1.82) is 0 Å². The minimum Gasteiger partial charge on any atom is -0.495 e. The van der Waals surface area contributed by atoms with Gasteiger partial charge < -0.3 is 14.4 Å². The van der Waals surface area contributed by atoms with Crippen LogP contribution >= 0.6 is 0 Å². The van der Waals surface area contributed by atoms with Gasteiger partial charge in [-0.15, -0.1) is 0 Å². The van der Waals surface area contributed by atoms with Crippen LogP contribution in [0.5, 0.6) is 5.75 Å². The van der Waals surface area contributed by atoms with Gasteiger partial charge in [0.1, 0.15) is 5.75 Å². The number of hydrogen-bond donors (Lipinski definition) is 0. The van der Waals surface area contributed by atoms with Crippen LogP contribution in [0.4, 0.5) is 5.69 Å². The maximum atomic E-state index is 12.5. The summed E-state index contributed by atoms with van der Waals surface area (Å²) in [4.78, 5) is 20.4. The molecular weight excluding hydrogens is 306 g/mol. The van der Waals surface area contributed by atoms with Crippen LogP contribution in [0.2, 0.25) is 0 Å². The predicted octanol–water partition coefficient (Wildman–Crippen LogP) is 2.75. The van der Waals surface area contributed by atoms with E-state index in [9.17, 15) is 4.79 Å². The molecular formula is C18H25N3O3. The van der Waals surface area contributed by atoms with E-state index in [4.69, 9.17) is 9.47 Å². The van der Waals surface area contributed by atoms with Crippen LogP contribution in [-0.4, -0.2) is 50.6 Å². The van der Waals surface area contributed by atoms with E-state index in [1.165, 1.54) is 4.90 Å². The van der Waals surface area contributed by atoms with Gasteiger partial charge in [0.05, 0.1) is 12.8 Å². The average molecular weight is 331 g/mol. The van der Waals surface area contributed by atoms with Crippen molar-refractivity contribution in [2.45, 2.75) is 26.8 Å². The van der Waals surface area contributed by atoms with Crippen LogP contribution in [0.3, 0.4) is 0 Å². The number of carbonyl (C=O) groups is 1. The summed E-state index contributed by atoms with van der Waals surface area (Å²) < 4.78 is 11.1. The normalized spacial score (nSPS) is 17.8. The molecule has 6 heteroatoms. The van der Waals surface area contributed by atoms with Gasteiger partial charge in [-0.3, -0.25) is 9.69 Å². The zero-order chi connectivity index (χ0) is 17.9. The van der Waals surface area contributed by atoms with Crippen LogP contribution in [0.1, 0.15) is 26.3 Å². The van der Waals surface area contributed by atoms with Gasteiger partial charge in [0, 0.05) is 26.7 Å². The van der Waals surface area contributed by atoms with Crippen molar-refractivity contribution < 1.29 is 14.3 Å². The Morgan fingerprint density at radius 3 is 2.62 bits per heavy atom. The van der Waals surface area contributed by atoms with Gasteiger partial charge in [-0.2, -0.15) is 0 Å². The molecule has 0 aliphatic carbocycles. The van der Waals surface area contributed by atoms with Crippen LogP contribution in [0.15, 0.2) is 29.0 Å². The fraction of sp³-hybridized carbons (Fsp3) is 0.444. The smallest absolute Gasteiger partial charge is 0.300 e. The molecule has 0 spiro atoms. The van der Waals surface area contributed by atoms with Crippen LogP contribution in [-0.2, 0) is 9.53 Å². The van der Waals surface area contributed by atoms with Crippen molar-refractivity contribution in [3.8, 4) is 5.75 Å². The Morgan fingerprint density at radius 1 is 1.38 bits per heavy atom. The molecule has 6 nitrogen and oxygen atoms in total. The molecule has 1 aromatic carbocycles. The third-order valence-electron chi connectivity index (χ3n) is 3.56. The number of carbonyl (C=O) groups excluding carboxylic acids is 1. The number of benzene rings is 1. The Bertz CT molecular complexity index is 678. The van der Waals surface area contributed by atoms with Gasteiger partial charge >= 0.3 is 6.02 Å². The minimum atomic E-state index is -0.174. The molecule has 1 saturated heterocycles. The van der Waals surface area contributed by atoms with Crippen molar-refractivity contribution in [1.82, 2.24) is 4.90 Å². The van der Waals surface area contributed by atoms with E-state index in [0.29, 0.717) is 12.6 Å². The molecule has 1 aromatic rings. The standard InChI is InChI=1S/C18H25N3O3/c1-7-21-17(22)16(24-18(21)19-12(2)3)11-13-8-9-14(20(4)5)15(10-13)23-6/h8-12H,7H2,1-6H3/b16-11+,19-18?. The van der Waals surface area contributed by atoms with Gasteiger partial charge in [-0.25, -0.2) is 4.99 Å². The van der Waals surface area contributed by atoms with Crippen LogP contribution < -0.4 is 9.64 Å². The first-order valence-electron chi connectivity index (χ1n) is 8.02. The molecule has 130 valence electrons. The molecule has 0 N–H and O–H groups in total. The number of likely N-dealkylation sites (N-methyl/N-ethyl adjacent to an activating group) is 1. The van der Waals surface area contributed by atoms with Gasteiger partial charge in [0.15, 0.2) is 5.76 Å². The first kappa shape index (κ1) is 17.8. The highest BCUT2D eigenvalue weighted by atomic mass is 16.5. The van der Waals surface area contributed by atoms with Crippen LogP contribution in [0, 0.1) is 0 Å². The molecule has 0 atom stereocenters. The number of amidine groups is 1. The van der Waals surface area contributed by atoms with Crippen molar-refractivity contribution in [2.75, 3.05) is 32.6 Å². The van der Waals surface area contributed by atoms with E-state index in [1.807, 2.05) is 58.0 Å². The minimum absolute atomic E-state index is 0.0562. The summed E-state index contributed by atoms with van der Waals surface area (Å²) in [5, 5.41) is 0. The van der Waals surface area contributed by atoms with E-state index in [1.54, 1.807) is 13.2 Å². The monoisotopic (exact) mass is 331 g/mol. The molecule has 1 aliphatic rings. The summed E-state index contributed by atoms with van der Waals surface area (Å²) in [7, 11) is 5.53. The van der Waals surface area contributed by atoms with E-state index in [-0.39, 0.29) is 17.7 Å². The van der Waals surface area contributed by atoms with E-state index in [0.717, 1.165) is 17.0 Å². The number of amides is 1. The average Bonchev–Trinajstić information content (AvgIpc) is 2.81. The number of anilines is 1. The number of rotatable bonds is 5. The summed E-state index contributed by atoms with van der Waals surface area (Å²) in [5.74, 6) is 0.840. The third kappa shape index (κ3) is 3.69. The summed E-state index contributed by atoms with van der Waals surface area (Å²) in [6.07, 6.45) is 1.72. The maximum absolute atomic E-state index is 12.5. The van der Waals surface area contributed by atoms with Crippen molar-refractivity contribution in [2.24, 2.45) is 4.99 Å². The molecule has 1 heterocycles. The zero-order valence-corrected chi connectivity index (χ0v) is 15.2. The van der Waals surface area contributed by atoms with E-state index < -0.39 is 0 Å². The van der Waals surface area contributed by atoms with Crippen molar-refractivity contribution in [3.63, 3.8) is 0 Å². The second-order valence-electron chi connectivity index (χ2n) is 5.99. The summed E-state index contributed by atoms with van der Waals surface area (Å²) >= 11 is 0. The summed E-state index contributed by atoms with van der Waals surface area (Å²) in [5.41, 5.74) is 1.80. The second kappa shape index (κ2) is 7.38. The molecule has 0 bridgehead atoms. The Hall–Kier alpha value is -2.50.